The van der Waals surface area contributed by atoms with Crippen molar-refractivity contribution in [2.75, 3.05) is 10.6 Å². The van der Waals surface area contributed by atoms with Crippen LogP contribution in [0.15, 0.2) is 18.2 Å². The van der Waals surface area contributed by atoms with Crippen LogP contribution in [0.3, 0.4) is 0 Å². The van der Waals surface area contributed by atoms with Crippen LogP contribution in [0.2, 0.25) is 0 Å². The highest BCUT2D eigenvalue weighted by Crippen LogP contribution is 2.39. The first-order valence-electron chi connectivity index (χ1n) is 6.99. The van der Waals surface area contributed by atoms with Crippen molar-refractivity contribution in [3.8, 4) is 0 Å². The molecule has 2 amide bonds. The number of carbonyl (C=O) groups excluding carboxylic acids is 2. The molecule has 1 saturated carbocycles. The van der Waals surface area contributed by atoms with E-state index >= 15 is 0 Å². The molecule has 2 N–H and O–H groups in total. The Hall–Kier alpha value is -1.55. The zero-order chi connectivity index (χ0) is 14.1. The fourth-order valence-corrected chi connectivity index (χ4v) is 3.05. The summed E-state index contributed by atoms with van der Waals surface area (Å²) >= 11 is 6.46. The molecule has 1 aromatic rings. The van der Waals surface area contributed by atoms with Crippen molar-refractivity contribution in [1.29, 1.82) is 0 Å². The summed E-state index contributed by atoms with van der Waals surface area (Å²) in [6.07, 6.45) is 4.67. The highest BCUT2D eigenvalue weighted by molar-refractivity contribution is 6.21. The van der Waals surface area contributed by atoms with Crippen molar-refractivity contribution in [3.05, 3.63) is 23.8 Å². The maximum Gasteiger partial charge on any atom is 0.233 e. The number of anilines is 2. The monoisotopic (exact) mass is 292 g/mol. The van der Waals surface area contributed by atoms with Crippen molar-refractivity contribution in [1.82, 2.24) is 0 Å². The van der Waals surface area contributed by atoms with E-state index in [0.717, 1.165) is 17.9 Å². The maximum atomic E-state index is 11.6. The number of fused-ring (bicyclic) bond motifs is 1. The number of hydrogen-bond acceptors (Lipinski definition) is 2. The number of amides is 2. The molecule has 1 aliphatic heterocycles. The van der Waals surface area contributed by atoms with Gasteiger partial charge < -0.3 is 10.6 Å². The molecule has 0 aromatic heterocycles. The summed E-state index contributed by atoms with van der Waals surface area (Å²) in [5.41, 5.74) is 2.27. The molecule has 5 heteroatoms. The number of nitrogens with one attached hydrogen (secondary N) is 2. The Kier molecular flexibility index (Phi) is 3.66. The molecule has 1 aliphatic carbocycles. The van der Waals surface area contributed by atoms with E-state index in [0.29, 0.717) is 11.4 Å². The topological polar surface area (TPSA) is 58.2 Å². The fourth-order valence-electron chi connectivity index (χ4n) is 2.66. The fraction of sp³-hybridized carbons (Fsp3) is 0.467. The molecule has 1 aromatic carbocycles. The number of carbonyl (C=O) groups is 2. The van der Waals surface area contributed by atoms with E-state index in [1.54, 1.807) is 0 Å². The van der Waals surface area contributed by atoms with Crippen molar-refractivity contribution < 1.29 is 9.59 Å². The predicted octanol–water partition coefficient (Wildman–Crippen LogP) is 3.44. The van der Waals surface area contributed by atoms with Gasteiger partial charge in [0.05, 0.1) is 16.8 Å². The van der Waals surface area contributed by atoms with Gasteiger partial charge in [0.15, 0.2) is 0 Å². The van der Waals surface area contributed by atoms with E-state index in [1.165, 1.54) is 19.3 Å². The van der Waals surface area contributed by atoms with E-state index < -0.39 is 0 Å². The number of benzene rings is 1. The average Bonchev–Trinajstić information content (AvgIpc) is 2.49. The number of halogens is 1. The van der Waals surface area contributed by atoms with Gasteiger partial charge in [-0.25, -0.2) is 0 Å². The van der Waals surface area contributed by atoms with Crippen LogP contribution < -0.4 is 10.6 Å². The van der Waals surface area contributed by atoms with Crippen LogP contribution in [-0.2, 0) is 9.59 Å². The average molecular weight is 293 g/mol. The molecule has 2 aliphatic rings. The van der Waals surface area contributed by atoms with Gasteiger partial charge in [0, 0.05) is 0 Å². The van der Waals surface area contributed by atoms with Crippen LogP contribution in [0.25, 0.3) is 0 Å². The summed E-state index contributed by atoms with van der Waals surface area (Å²) in [6, 6.07) is 5.60. The lowest BCUT2D eigenvalue weighted by Crippen LogP contribution is -2.16. The normalized spacial score (nSPS) is 20.2. The first kappa shape index (κ1) is 13.4. The summed E-state index contributed by atoms with van der Waals surface area (Å²) in [6.45, 7) is 0. The van der Waals surface area contributed by atoms with Gasteiger partial charge in [-0.1, -0.05) is 25.3 Å². The lowest BCUT2D eigenvalue weighted by Gasteiger charge is -2.27. The third kappa shape index (κ3) is 2.80. The summed E-state index contributed by atoms with van der Waals surface area (Å²) in [4.78, 5) is 23.0. The van der Waals surface area contributed by atoms with Crippen molar-refractivity contribution >= 4 is 34.8 Å². The van der Waals surface area contributed by atoms with Gasteiger partial charge >= 0.3 is 0 Å². The van der Waals surface area contributed by atoms with Crippen LogP contribution in [0, 0.1) is 5.92 Å². The molecule has 1 atom stereocenters. The lowest BCUT2D eigenvalue weighted by molar-refractivity contribution is -0.123. The SMILES string of the molecule is O=C1CC(=O)Nc2cc(C(Cl)CC3CCC3)ccc2N1. The second-order valence-electron chi connectivity index (χ2n) is 5.58. The van der Waals surface area contributed by atoms with Gasteiger partial charge in [-0.3, -0.25) is 9.59 Å². The van der Waals surface area contributed by atoms with Gasteiger partial charge in [0.25, 0.3) is 0 Å². The van der Waals surface area contributed by atoms with Gasteiger partial charge in [0.1, 0.15) is 6.42 Å². The van der Waals surface area contributed by atoms with Crippen molar-refractivity contribution in [2.45, 2.75) is 37.5 Å². The molecule has 0 bridgehead atoms. The van der Waals surface area contributed by atoms with E-state index in [-0.39, 0.29) is 23.6 Å². The molecule has 106 valence electrons. The predicted molar refractivity (Wildman–Crippen MR) is 78.9 cm³/mol. The van der Waals surface area contributed by atoms with Crippen LogP contribution >= 0.6 is 11.6 Å². The Morgan fingerprint density at radius 2 is 1.85 bits per heavy atom. The molecule has 1 heterocycles. The molecular weight excluding hydrogens is 276 g/mol. The van der Waals surface area contributed by atoms with Gasteiger partial charge in [0.2, 0.25) is 11.8 Å². The molecule has 0 radical (unpaired) electrons. The maximum absolute atomic E-state index is 11.6. The Morgan fingerprint density at radius 1 is 1.15 bits per heavy atom. The third-order valence-corrected chi connectivity index (χ3v) is 4.47. The summed E-state index contributed by atoms with van der Waals surface area (Å²) in [7, 11) is 0. The minimum atomic E-state index is -0.288. The Bertz CT molecular complexity index is 555. The van der Waals surface area contributed by atoms with Crippen molar-refractivity contribution in [2.24, 2.45) is 5.92 Å². The van der Waals surface area contributed by atoms with E-state index in [4.69, 9.17) is 11.6 Å². The number of hydrogen-bond donors (Lipinski definition) is 2. The van der Waals surface area contributed by atoms with Gasteiger partial charge in [-0.15, -0.1) is 11.6 Å². The Balaban J connectivity index is 1.80. The summed E-state index contributed by atoms with van der Waals surface area (Å²) in [5.74, 6) is 0.153. The molecule has 1 unspecified atom stereocenters. The van der Waals surface area contributed by atoms with Crippen LogP contribution in [0.1, 0.15) is 43.0 Å². The minimum Gasteiger partial charge on any atom is -0.324 e. The standard InChI is InChI=1S/C15H17ClN2O2/c16-11(6-9-2-1-3-9)10-4-5-12-13(7-10)18-15(20)8-14(19)17-12/h4-5,7,9,11H,1-3,6,8H2,(H,17,19)(H,18,20). The largest absolute Gasteiger partial charge is 0.324 e. The van der Waals surface area contributed by atoms with Gasteiger partial charge in [-0.05, 0) is 30.0 Å². The minimum absolute atomic E-state index is 0.0403. The summed E-state index contributed by atoms with van der Waals surface area (Å²) in [5, 5.41) is 5.42. The Labute approximate surface area is 122 Å². The van der Waals surface area contributed by atoms with E-state index in [2.05, 4.69) is 10.6 Å². The molecule has 20 heavy (non-hydrogen) atoms. The van der Waals surface area contributed by atoms with E-state index in [1.807, 2.05) is 18.2 Å². The zero-order valence-corrected chi connectivity index (χ0v) is 11.9. The highest BCUT2D eigenvalue weighted by atomic mass is 35.5. The lowest BCUT2D eigenvalue weighted by atomic mass is 9.81. The zero-order valence-electron chi connectivity index (χ0n) is 11.1. The molecule has 0 saturated heterocycles. The van der Waals surface area contributed by atoms with Crippen LogP contribution in [-0.4, -0.2) is 11.8 Å². The Morgan fingerprint density at radius 3 is 2.50 bits per heavy atom. The molecule has 0 spiro atoms. The molecule has 1 fully saturated rings. The molecule has 3 rings (SSSR count). The van der Waals surface area contributed by atoms with Crippen LogP contribution in [0.5, 0.6) is 0 Å². The van der Waals surface area contributed by atoms with E-state index in [9.17, 15) is 9.59 Å². The number of alkyl halides is 1. The van der Waals surface area contributed by atoms with Crippen molar-refractivity contribution in [3.63, 3.8) is 0 Å². The molecular formula is C15H17ClN2O2. The van der Waals surface area contributed by atoms with Gasteiger partial charge in [-0.2, -0.15) is 0 Å². The van der Waals surface area contributed by atoms with Crippen LogP contribution in [0.4, 0.5) is 11.4 Å². The number of rotatable bonds is 3. The summed E-state index contributed by atoms with van der Waals surface area (Å²) < 4.78 is 0. The molecule has 4 nitrogen and oxygen atoms in total. The first-order chi connectivity index (χ1) is 9.61. The highest BCUT2D eigenvalue weighted by Gasteiger charge is 2.23. The quantitative estimate of drug-likeness (QED) is 0.662. The second-order valence-corrected chi connectivity index (χ2v) is 6.11. The first-order valence-corrected chi connectivity index (χ1v) is 7.43. The smallest absolute Gasteiger partial charge is 0.233 e. The second kappa shape index (κ2) is 5.44. The third-order valence-electron chi connectivity index (χ3n) is 4.04.